The Bertz CT molecular complexity index is 2050. The van der Waals surface area contributed by atoms with Gasteiger partial charge in [-0.25, -0.2) is 14.4 Å². The van der Waals surface area contributed by atoms with E-state index in [0.29, 0.717) is 43.6 Å². The summed E-state index contributed by atoms with van der Waals surface area (Å²) in [5, 5.41) is 12.1. The number of aromatic nitrogens is 4. The Morgan fingerprint density at radius 1 is 1.15 bits per heavy atom. The molecule has 4 aromatic rings. The maximum absolute atomic E-state index is 15.2. The van der Waals surface area contributed by atoms with Crippen molar-refractivity contribution < 1.29 is 27.9 Å². The van der Waals surface area contributed by atoms with Crippen LogP contribution >= 0.6 is 11.6 Å². The highest BCUT2D eigenvalue weighted by Crippen LogP contribution is 2.38. The molecule has 1 saturated heterocycles. The fraction of sp³-hybridized carbons (Fsp3) is 0.424. The van der Waals surface area contributed by atoms with Crippen molar-refractivity contribution in [3.63, 3.8) is 0 Å². The first-order chi connectivity index (χ1) is 23.0. The van der Waals surface area contributed by atoms with Crippen molar-refractivity contribution in [1.82, 2.24) is 24.0 Å². The van der Waals surface area contributed by atoms with Crippen LogP contribution in [0, 0.1) is 23.5 Å². The summed E-state index contributed by atoms with van der Waals surface area (Å²) in [6.07, 6.45) is 5.05. The van der Waals surface area contributed by atoms with Gasteiger partial charge >= 0.3 is 0 Å². The Morgan fingerprint density at radius 2 is 1.92 bits per heavy atom. The van der Waals surface area contributed by atoms with Crippen LogP contribution in [0.1, 0.15) is 49.3 Å². The molecule has 7 rings (SSSR count). The van der Waals surface area contributed by atoms with Gasteiger partial charge in [0.2, 0.25) is 17.7 Å². The quantitative estimate of drug-likeness (QED) is 0.202. The summed E-state index contributed by atoms with van der Waals surface area (Å²) < 4.78 is 47.7. The fourth-order valence-corrected chi connectivity index (χ4v) is 7.16. The van der Waals surface area contributed by atoms with Crippen molar-refractivity contribution in [3.8, 4) is 16.9 Å². The lowest BCUT2D eigenvalue weighted by Crippen LogP contribution is -2.55. The second-order valence-electron chi connectivity index (χ2n) is 12.9. The van der Waals surface area contributed by atoms with E-state index in [1.165, 1.54) is 34.2 Å². The first-order valence-corrected chi connectivity index (χ1v) is 16.3. The molecule has 2 N–H and O–H groups in total. The maximum Gasteiger partial charge on any atom is 0.263 e. The number of nitrogens with zero attached hydrogens (tertiary/aromatic N) is 6. The predicted molar refractivity (Wildman–Crippen MR) is 173 cm³/mol. The van der Waals surface area contributed by atoms with Gasteiger partial charge in [-0.05, 0) is 45.1 Å². The SMILES string of the molecule is CC(C1CC1)N1CCN(c2cc(NC(=O)Cn3cc(-c4cc(C=O)c(O)c(F)c4F)c4c(=O)n5c(nc43)CCC5)c(Cl)c(F)n2)C(C)C1. The lowest BCUT2D eigenvalue weighted by atomic mass is 10.0. The molecule has 3 aliphatic rings. The molecule has 0 radical (unpaired) electrons. The summed E-state index contributed by atoms with van der Waals surface area (Å²) in [6.45, 7) is 6.38. The number of phenolic OH excluding ortho intramolecular Hbond substituents is 1. The van der Waals surface area contributed by atoms with Crippen LogP contribution in [0.15, 0.2) is 23.1 Å². The first kappa shape index (κ1) is 32.1. The second kappa shape index (κ2) is 12.2. The molecule has 3 aromatic heterocycles. The van der Waals surface area contributed by atoms with E-state index in [4.69, 9.17) is 11.6 Å². The number of pyridine rings is 1. The van der Waals surface area contributed by atoms with Gasteiger partial charge in [0.15, 0.2) is 17.9 Å². The minimum atomic E-state index is -1.65. The monoisotopic (exact) mass is 683 g/mol. The van der Waals surface area contributed by atoms with Gasteiger partial charge < -0.3 is 19.9 Å². The zero-order valence-electron chi connectivity index (χ0n) is 26.3. The van der Waals surface area contributed by atoms with E-state index in [1.54, 1.807) is 0 Å². The standard InChI is InChI=1S/C33H33ClF3N7O4/c1-16-12-41(17(2)18-5-6-18)8-9-43(16)24-11-22(27(34)31(37)39-24)38-25(46)14-42-13-21(20-10-19(15-45)30(47)29(36)28(20)35)26-32(42)40-23-4-3-7-44(23)33(26)48/h10-11,13,15-18,47H,3-9,12,14H2,1-2H3,(H,38,39,46). The third-order valence-corrected chi connectivity index (χ3v) is 10.1. The van der Waals surface area contributed by atoms with Crippen LogP contribution < -0.4 is 15.8 Å². The first-order valence-electron chi connectivity index (χ1n) is 15.9. The summed E-state index contributed by atoms with van der Waals surface area (Å²) in [4.78, 5) is 51.7. The average molecular weight is 684 g/mol. The number of carbonyl (C=O) groups is 2. The molecular weight excluding hydrogens is 651 g/mol. The maximum atomic E-state index is 15.2. The van der Waals surface area contributed by atoms with Crippen molar-refractivity contribution in [2.24, 2.45) is 5.92 Å². The van der Waals surface area contributed by atoms with E-state index >= 15 is 8.78 Å². The van der Waals surface area contributed by atoms with Crippen molar-refractivity contribution in [2.75, 3.05) is 29.9 Å². The van der Waals surface area contributed by atoms with E-state index < -0.39 is 52.5 Å². The minimum absolute atomic E-state index is 0.00183. The molecule has 0 spiro atoms. The van der Waals surface area contributed by atoms with Crippen molar-refractivity contribution in [3.05, 3.63) is 62.7 Å². The normalized spacial score (nSPS) is 18.7. The van der Waals surface area contributed by atoms with Crippen LogP contribution in [0.4, 0.5) is 24.7 Å². The van der Waals surface area contributed by atoms with E-state index in [0.717, 1.165) is 25.1 Å². The molecule has 5 heterocycles. The van der Waals surface area contributed by atoms with E-state index in [9.17, 15) is 23.9 Å². The summed E-state index contributed by atoms with van der Waals surface area (Å²) in [7, 11) is 0. The lowest BCUT2D eigenvalue weighted by molar-refractivity contribution is -0.116. The zero-order valence-corrected chi connectivity index (χ0v) is 27.0. The number of aromatic hydroxyl groups is 1. The number of piperazine rings is 1. The third kappa shape index (κ3) is 5.50. The number of aldehydes is 1. The van der Waals surface area contributed by atoms with E-state index in [-0.39, 0.29) is 39.6 Å². The highest BCUT2D eigenvalue weighted by atomic mass is 35.5. The molecule has 0 bridgehead atoms. The highest BCUT2D eigenvalue weighted by molar-refractivity contribution is 6.33. The molecule has 2 atom stereocenters. The van der Waals surface area contributed by atoms with Gasteiger partial charge in [-0.15, -0.1) is 0 Å². The molecule has 1 amide bonds. The minimum Gasteiger partial charge on any atom is -0.504 e. The summed E-state index contributed by atoms with van der Waals surface area (Å²) in [5.41, 5.74) is -1.58. The lowest BCUT2D eigenvalue weighted by Gasteiger charge is -2.43. The molecule has 2 unspecified atom stereocenters. The Morgan fingerprint density at radius 3 is 2.62 bits per heavy atom. The van der Waals surface area contributed by atoms with Gasteiger partial charge in [0, 0.05) is 68.1 Å². The number of hydrogen-bond donors (Lipinski definition) is 2. The number of fused-ring (bicyclic) bond motifs is 2. The van der Waals surface area contributed by atoms with Gasteiger partial charge in [-0.3, -0.25) is 23.9 Å². The van der Waals surface area contributed by atoms with Crippen LogP contribution in [0.5, 0.6) is 5.75 Å². The van der Waals surface area contributed by atoms with Gasteiger partial charge in [0.1, 0.15) is 28.9 Å². The number of carbonyl (C=O) groups excluding carboxylic acids is 2. The molecule has 48 heavy (non-hydrogen) atoms. The largest absolute Gasteiger partial charge is 0.504 e. The van der Waals surface area contributed by atoms with Crippen molar-refractivity contribution >= 4 is 46.3 Å². The molecule has 2 fully saturated rings. The Kier molecular flexibility index (Phi) is 8.18. The summed E-state index contributed by atoms with van der Waals surface area (Å²) in [6, 6.07) is 2.96. The summed E-state index contributed by atoms with van der Waals surface area (Å²) >= 11 is 6.26. The van der Waals surface area contributed by atoms with E-state index in [1.807, 2.05) is 11.8 Å². The Labute approximate surface area is 277 Å². The number of hydrogen-bond acceptors (Lipinski definition) is 8. The fourth-order valence-electron chi connectivity index (χ4n) is 7.02. The Hall–Kier alpha value is -4.43. The number of halogens is 4. The second-order valence-corrected chi connectivity index (χ2v) is 13.2. The number of anilines is 2. The molecule has 252 valence electrons. The third-order valence-electron chi connectivity index (χ3n) is 9.79. The van der Waals surface area contributed by atoms with Crippen molar-refractivity contribution in [1.29, 1.82) is 0 Å². The predicted octanol–water partition coefficient (Wildman–Crippen LogP) is 4.74. The number of benzene rings is 1. The van der Waals surface area contributed by atoms with Crippen LogP contribution in [0.2, 0.25) is 5.02 Å². The van der Waals surface area contributed by atoms with Crippen LogP contribution in [0.25, 0.3) is 22.2 Å². The number of nitrogens with one attached hydrogen (secondary N) is 1. The number of amides is 1. The van der Waals surface area contributed by atoms with Gasteiger partial charge in [-0.2, -0.15) is 8.78 Å². The molecule has 15 heteroatoms. The van der Waals surface area contributed by atoms with Crippen LogP contribution in [-0.4, -0.2) is 73.0 Å². The van der Waals surface area contributed by atoms with Gasteiger partial charge in [0.05, 0.1) is 16.6 Å². The molecular formula is C33H33ClF3N7O4. The highest BCUT2D eigenvalue weighted by Gasteiger charge is 2.36. The molecule has 1 aromatic carbocycles. The number of phenols is 1. The van der Waals surface area contributed by atoms with Crippen LogP contribution in [0.3, 0.4) is 0 Å². The van der Waals surface area contributed by atoms with Gasteiger partial charge in [-0.1, -0.05) is 11.6 Å². The van der Waals surface area contributed by atoms with Gasteiger partial charge in [0.25, 0.3) is 5.56 Å². The molecule has 1 saturated carbocycles. The van der Waals surface area contributed by atoms with E-state index in [2.05, 4.69) is 27.1 Å². The van der Waals surface area contributed by atoms with Crippen LogP contribution in [-0.2, 0) is 24.3 Å². The Balaban J connectivity index is 1.20. The number of aryl methyl sites for hydroxylation is 1. The van der Waals surface area contributed by atoms with Crippen molar-refractivity contribution in [2.45, 2.75) is 64.7 Å². The number of rotatable bonds is 8. The topological polar surface area (TPSA) is 126 Å². The molecule has 2 aliphatic heterocycles. The molecule has 1 aliphatic carbocycles. The smallest absolute Gasteiger partial charge is 0.263 e. The summed E-state index contributed by atoms with van der Waals surface area (Å²) in [5.74, 6) is -4.38. The average Bonchev–Trinajstić information content (AvgIpc) is 3.70. The zero-order chi connectivity index (χ0) is 34.0. The molecule has 11 nitrogen and oxygen atoms in total.